The SMILES string of the molecule is Cc1noc(C)c1CNC(=O)c1cc(Br)c(Br)s1. The highest BCUT2D eigenvalue weighted by Gasteiger charge is 2.14. The quantitative estimate of drug-likeness (QED) is 0.862. The molecule has 0 aliphatic rings. The molecule has 0 fully saturated rings. The van der Waals surface area contributed by atoms with Gasteiger partial charge in [0.05, 0.1) is 14.4 Å². The molecule has 0 aromatic carbocycles. The maximum Gasteiger partial charge on any atom is 0.261 e. The van der Waals surface area contributed by atoms with Crippen molar-refractivity contribution in [2.75, 3.05) is 0 Å². The van der Waals surface area contributed by atoms with E-state index in [2.05, 4.69) is 42.3 Å². The number of aromatic nitrogens is 1. The summed E-state index contributed by atoms with van der Waals surface area (Å²) in [6.45, 7) is 4.11. The number of hydrogen-bond acceptors (Lipinski definition) is 4. The first-order chi connectivity index (χ1) is 8.49. The van der Waals surface area contributed by atoms with Crippen molar-refractivity contribution in [3.8, 4) is 0 Å². The minimum absolute atomic E-state index is 0.105. The molecular formula is C11H10Br2N2O2S. The summed E-state index contributed by atoms with van der Waals surface area (Å²) in [5.41, 5.74) is 1.74. The van der Waals surface area contributed by atoms with Crippen LogP contribution >= 0.6 is 43.2 Å². The zero-order chi connectivity index (χ0) is 13.3. The second-order valence-electron chi connectivity index (χ2n) is 3.72. The molecule has 1 amide bonds. The third-order valence-corrected chi connectivity index (χ3v) is 5.73. The van der Waals surface area contributed by atoms with Crippen molar-refractivity contribution in [3.05, 3.63) is 36.2 Å². The molecule has 2 rings (SSSR count). The molecule has 2 heterocycles. The standard InChI is InChI=1S/C11H10Br2N2O2S/c1-5-7(6(2)17-15-5)4-14-11(16)9-3-8(12)10(13)18-9/h3H,4H2,1-2H3,(H,14,16). The number of rotatable bonds is 3. The summed E-state index contributed by atoms with van der Waals surface area (Å²) in [5.74, 6) is 0.632. The van der Waals surface area contributed by atoms with E-state index in [-0.39, 0.29) is 5.91 Å². The molecule has 7 heteroatoms. The van der Waals surface area contributed by atoms with Crippen LogP contribution in [0.25, 0.3) is 0 Å². The largest absolute Gasteiger partial charge is 0.361 e. The van der Waals surface area contributed by atoms with Gasteiger partial charge in [0, 0.05) is 16.6 Å². The fraction of sp³-hybridized carbons (Fsp3) is 0.273. The van der Waals surface area contributed by atoms with E-state index in [0.717, 1.165) is 25.3 Å². The molecule has 0 aliphatic heterocycles. The number of hydrogen-bond donors (Lipinski definition) is 1. The van der Waals surface area contributed by atoms with Gasteiger partial charge in [0.15, 0.2) is 0 Å². The predicted molar refractivity (Wildman–Crippen MR) is 76.9 cm³/mol. The van der Waals surface area contributed by atoms with Crippen LogP contribution in [0.3, 0.4) is 0 Å². The van der Waals surface area contributed by atoms with Crippen molar-refractivity contribution in [1.29, 1.82) is 0 Å². The highest BCUT2D eigenvalue weighted by atomic mass is 79.9. The molecule has 0 saturated carbocycles. The molecule has 0 saturated heterocycles. The van der Waals surface area contributed by atoms with Crippen LogP contribution in [0.1, 0.15) is 26.7 Å². The van der Waals surface area contributed by atoms with Crippen LogP contribution < -0.4 is 5.32 Å². The van der Waals surface area contributed by atoms with Crippen LogP contribution in [0.4, 0.5) is 0 Å². The Morgan fingerprint density at radius 3 is 2.72 bits per heavy atom. The number of thiophene rings is 1. The van der Waals surface area contributed by atoms with Crippen LogP contribution in [0, 0.1) is 13.8 Å². The molecular weight excluding hydrogens is 384 g/mol. The third kappa shape index (κ3) is 2.84. The summed E-state index contributed by atoms with van der Waals surface area (Å²) in [4.78, 5) is 12.6. The van der Waals surface area contributed by atoms with Crippen LogP contribution in [-0.2, 0) is 6.54 Å². The fourth-order valence-electron chi connectivity index (χ4n) is 1.47. The van der Waals surface area contributed by atoms with Gasteiger partial charge in [-0.05, 0) is 51.8 Å². The average Bonchev–Trinajstić information content (AvgIpc) is 2.82. The molecule has 0 unspecified atom stereocenters. The van der Waals surface area contributed by atoms with E-state index in [0.29, 0.717) is 11.4 Å². The lowest BCUT2D eigenvalue weighted by Crippen LogP contribution is -2.22. The highest BCUT2D eigenvalue weighted by Crippen LogP contribution is 2.32. The van der Waals surface area contributed by atoms with E-state index in [4.69, 9.17) is 4.52 Å². The van der Waals surface area contributed by atoms with Crippen molar-refractivity contribution in [2.45, 2.75) is 20.4 Å². The van der Waals surface area contributed by atoms with Gasteiger partial charge in [0.25, 0.3) is 5.91 Å². The van der Waals surface area contributed by atoms with Crippen LogP contribution in [0.15, 0.2) is 18.8 Å². The number of carbonyl (C=O) groups is 1. The molecule has 0 aliphatic carbocycles. The van der Waals surface area contributed by atoms with Gasteiger partial charge < -0.3 is 9.84 Å². The van der Waals surface area contributed by atoms with Gasteiger partial charge in [-0.1, -0.05) is 5.16 Å². The van der Waals surface area contributed by atoms with Gasteiger partial charge in [0.1, 0.15) is 5.76 Å². The first-order valence-electron chi connectivity index (χ1n) is 5.14. The molecule has 2 aromatic rings. The summed E-state index contributed by atoms with van der Waals surface area (Å²) in [6, 6.07) is 1.79. The number of nitrogens with one attached hydrogen (secondary N) is 1. The number of halogens is 2. The first-order valence-corrected chi connectivity index (χ1v) is 7.54. The lowest BCUT2D eigenvalue weighted by Gasteiger charge is -2.02. The Balaban J connectivity index is 2.05. The van der Waals surface area contributed by atoms with Crippen molar-refractivity contribution in [1.82, 2.24) is 10.5 Å². The minimum Gasteiger partial charge on any atom is -0.361 e. The lowest BCUT2D eigenvalue weighted by atomic mass is 10.2. The number of nitrogens with zero attached hydrogens (tertiary/aromatic N) is 1. The summed E-state index contributed by atoms with van der Waals surface area (Å²) < 4.78 is 6.83. The summed E-state index contributed by atoms with van der Waals surface area (Å²) in [6.07, 6.45) is 0. The van der Waals surface area contributed by atoms with Crippen LogP contribution in [0.5, 0.6) is 0 Å². The van der Waals surface area contributed by atoms with E-state index >= 15 is 0 Å². The maximum absolute atomic E-state index is 11.9. The normalized spacial score (nSPS) is 10.7. The van der Waals surface area contributed by atoms with Gasteiger partial charge in [-0.2, -0.15) is 0 Å². The molecule has 0 bridgehead atoms. The van der Waals surface area contributed by atoms with Crippen LogP contribution in [-0.4, -0.2) is 11.1 Å². The smallest absolute Gasteiger partial charge is 0.261 e. The second-order valence-corrected chi connectivity index (χ2v) is 6.94. The van der Waals surface area contributed by atoms with Crippen molar-refractivity contribution < 1.29 is 9.32 Å². The minimum atomic E-state index is -0.105. The highest BCUT2D eigenvalue weighted by molar-refractivity contribution is 9.13. The number of amides is 1. The second kappa shape index (κ2) is 5.54. The van der Waals surface area contributed by atoms with Crippen molar-refractivity contribution in [2.24, 2.45) is 0 Å². The third-order valence-electron chi connectivity index (χ3n) is 2.48. The molecule has 4 nitrogen and oxygen atoms in total. The Morgan fingerprint density at radius 2 is 2.22 bits per heavy atom. The zero-order valence-electron chi connectivity index (χ0n) is 9.71. The van der Waals surface area contributed by atoms with E-state index in [1.807, 2.05) is 13.8 Å². The maximum atomic E-state index is 11.9. The molecule has 1 N–H and O–H groups in total. The molecule has 2 aromatic heterocycles. The average molecular weight is 394 g/mol. The Morgan fingerprint density at radius 1 is 1.50 bits per heavy atom. The van der Waals surface area contributed by atoms with Crippen molar-refractivity contribution in [3.63, 3.8) is 0 Å². The topological polar surface area (TPSA) is 55.1 Å². The van der Waals surface area contributed by atoms with Crippen molar-refractivity contribution >= 4 is 49.1 Å². The zero-order valence-corrected chi connectivity index (χ0v) is 13.7. The van der Waals surface area contributed by atoms with E-state index in [1.54, 1.807) is 6.07 Å². The summed E-state index contributed by atoms with van der Waals surface area (Å²) in [5, 5.41) is 6.70. The number of carbonyl (C=O) groups excluding carboxylic acids is 1. The fourth-order valence-corrected chi connectivity index (χ4v) is 3.42. The molecule has 0 atom stereocenters. The molecule has 0 radical (unpaired) electrons. The van der Waals surface area contributed by atoms with Gasteiger partial charge in [0.2, 0.25) is 0 Å². The Kier molecular flexibility index (Phi) is 4.24. The predicted octanol–water partition coefficient (Wildman–Crippen LogP) is 3.81. The molecule has 18 heavy (non-hydrogen) atoms. The van der Waals surface area contributed by atoms with Gasteiger partial charge in [-0.15, -0.1) is 11.3 Å². The Labute approximate surface area is 125 Å². The van der Waals surface area contributed by atoms with Gasteiger partial charge in [-0.25, -0.2) is 0 Å². The number of aryl methyl sites for hydroxylation is 2. The lowest BCUT2D eigenvalue weighted by molar-refractivity contribution is 0.0955. The van der Waals surface area contributed by atoms with E-state index in [9.17, 15) is 4.79 Å². The van der Waals surface area contributed by atoms with E-state index < -0.39 is 0 Å². The first kappa shape index (κ1) is 13.8. The molecule has 96 valence electrons. The Hall–Kier alpha value is -0.660. The summed E-state index contributed by atoms with van der Waals surface area (Å²) in [7, 11) is 0. The monoisotopic (exact) mass is 392 g/mol. The van der Waals surface area contributed by atoms with Gasteiger partial charge >= 0.3 is 0 Å². The molecule has 0 spiro atoms. The Bertz CT molecular complexity index is 553. The van der Waals surface area contributed by atoms with Crippen LogP contribution in [0.2, 0.25) is 0 Å². The summed E-state index contributed by atoms with van der Waals surface area (Å²) >= 11 is 8.11. The van der Waals surface area contributed by atoms with E-state index in [1.165, 1.54) is 11.3 Å². The van der Waals surface area contributed by atoms with Gasteiger partial charge in [-0.3, -0.25) is 4.79 Å².